The number of hydrogen-bond acceptors (Lipinski definition) is 8. The van der Waals surface area contributed by atoms with Crippen molar-refractivity contribution in [2.24, 2.45) is 0 Å². The summed E-state index contributed by atoms with van der Waals surface area (Å²) in [7, 11) is 0. The van der Waals surface area contributed by atoms with Crippen LogP contribution in [0, 0.1) is 0 Å². The van der Waals surface area contributed by atoms with Crippen molar-refractivity contribution >= 4 is 29.4 Å². The third-order valence-electron chi connectivity index (χ3n) is 6.76. The first kappa shape index (κ1) is 29.4. The minimum Gasteiger partial charge on any atom is -0.490 e. The van der Waals surface area contributed by atoms with Gasteiger partial charge in [-0.05, 0) is 24.3 Å². The van der Waals surface area contributed by atoms with Gasteiger partial charge in [0.25, 0.3) is 0 Å². The fourth-order valence-electron chi connectivity index (χ4n) is 4.67. The molecule has 42 heavy (non-hydrogen) atoms. The smallest absolute Gasteiger partial charge is 0.472 e. The number of anilines is 4. The van der Waals surface area contributed by atoms with E-state index in [2.05, 4.69) is 15.0 Å². The fourth-order valence-corrected chi connectivity index (χ4v) is 4.67. The number of aromatic nitrogens is 3. The molecule has 9 nitrogen and oxygen atoms in total. The number of ether oxygens (including phenoxy) is 2. The quantitative estimate of drug-likeness (QED) is 0.368. The van der Waals surface area contributed by atoms with E-state index in [0.717, 1.165) is 6.07 Å². The molecule has 2 aromatic carbocycles. The van der Waals surface area contributed by atoms with Crippen LogP contribution < -0.4 is 19.4 Å². The summed E-state index contributed by atoms with van der Waals surface area (Å²) in [6.45, 7) is 1.92. The highest BCUT2D eigenvalue weighted by Gasteiger charge is 2.45. The molecule has 3 heterocycles. The van der Waals surface area contributed by atoms with Crippen molar-refractivity contribution in [2.45, 2.75) is 31.3 Å². The van der Waals surface area contributed by atoms with Crippen LogP contribution in [0.3, 0.4) is 0 Å². The van der Waals surface area contributed by atoms with Gasteiger partial charge in [0.15, 0.2) is 0 Å². The summed E-state index contributed by atoms with van der Waals surface area (Å²) in [5, 5.41) is 0. The number of alkyl halides is 6. The van der Waals surface area contributed by atoms with Crippen LogP contribution in [0.25, 0.3) is 0 Å². The lowest BCUT2D eigenvalue weighted by molar-refractivity contribution is -0.169. The molecule has 1 aromatic heterocycles. The van der Waals surface area contributed by atoms with Crippen LogP contribution in [-0.2, 0) is 15.7 Å². The van der Waals surface area contributed by atoms with Gasteiger partial charge >= 0.3 is 18.3 Å². The van der Waals surface area contributed by atoms with E-state index in [9.17, 15) is 31.1 Å². The lowest BCUT2D eigenvalue weighted by atomic mass is 10.1. The molecule has 2 fully saturated rings. The van der Waals surface area contributed by atoms with Crippen LogP contribution >= 0.6 is 0 Å². The van der Waals surface area contributed by atoms with Crippen molar-refractivity contribution in [3.63, 3.8) is 0 Å². The Balaban J connectivity index is 1.44. The lowest BCUT2D eigenvalue weighted by Crippen LogP contribution is -2.42. The second-order valence-electron chi connectivity index (χ2n) is 9.61. The molecule has 0 aliphatic carbocycles. The molecule has 3 aromatic rings. The van der Waals surface area contributed by atoms with Gasteiger partial charge in [0.1, 0.15) is 11.9 Å². The number of halogens is 6. The van der Waals surface area contributed by atoms with E-state index in [-0.39, 0.29) is 36.4 Å². The predicted molar refractivity (Wildman–Crippen MR) is 140 cm³/mol. The molecule has 2 aliphatic heterocycles. The van der Waals surface area contributed by atoms with Crippen LogP contribution in [0.1, 0.15) is 18.4 Å². The van der Waals surface area contributed by atoms with Crippen molar-refractivity contribution in [3.8, 4) is 5.75 Å². The first-order valence-corrected chi connectivity index (χ1v) is 13.1. The predicted octanol–water partition coefficient (Wildman–Crippen LogP) is 5.00. The van der Waals surface area contributed by atoms with Crippen LogP contribution in [0.15, 0.2) is 54.6 Å². The van der Waals surface area contributed by atoms with Gasteiger partial charge in [-0.2, -0.15) is 41.3 Å². The maximum Gasteiger partial charge on any atom is 0.472 e. The highest BCUT2D eigenvalue weighted by atomic mass is 19.4. The Morgan fingerprint density at radius 2 is 1.38 bits per heavy atom. The van der Waals surface area contributed by atoms with E-state index in [1.54, 1.807) is 15.9 Å². The Morgan fingerprint density at radius 1 is 0.810 bits per heavy atom. The monoisotopic (exact) mass is 596 g/mol. The van der Waals surface area contributed by atoms with Gasteiger partial charge in [-0.15, -0.1) is 0 Å². The average molecular weight is 597 g/mol. The maximum absolute atomic E-state index is 13.7. The van der Waals surface area contributed by atoms with Gasteiger partial charge in [-0.25, -0.2) is 4.90 Å². The van der Waals surface area contributed by atoms with E-state index < -0.39 is 35.9 Å². The lowest BCUT2D eigenvalue weighted by Gasteiger charge is -2.34. The van der Waals surface area contributed by atoms with Crippen LogP contribution in [-0.4, -0.2) is 72.5 Å². The number of hydrogen-bond donors (Lipinski definition) is 0. The number of nitrogens with zero attached hydrogens (tertiary/aromatic N) is 6. The first-order chi connectivity index (χ1) is 20.0. The van der Waals surface area contributed by atoms with E-state index in [0.29, 0.717) is 44.0 Å². The Hall–Kier alpha value is -4.14. The third-order valence-corrected chi connectivity index (χ3v) is 6.76. The summed E-state index contributed by atoms with van der Waals surface area (Å²) in [5.74, 6) is -2.84. The SMILES string of the molecule is O=C(N(c1ccccc1)c1nc(N2CCOCC2)nc(N2CCC(Oc3ccccc3C(F)(F)F)CC2)n1)C(F)(F)F. The van der Waals surface area contributed by atoms with Gasteiger partial charge < -0.3 is 19.3 Å². The van der Waals surface area contributed by atoms with Crippen molar-refractivity contribution in [1.82, 2.24) is 15.0 Å². The Labute approximate surface area is 236 Å². The topological polar surface area (TPSA) is 83.9 Å². The third kappa shape index (κ3) is 6.66. The van der Waals surface area contributed by atoms with E-state index in [1.807, 2.05) is 0 Å². The molecule has 1 amide bonds. The molecule has 0 N–H and O–H groups in total. The number of benzene rings is 2. The molecule has 15 heteroatoms. The Bertz CT molecular complexity index is 1380. The summed E-state index contributed by atoms with van der Waals surface area (Å²) in [6.07, 6.45) is -9.75. The van der Waals surface area contributed by atoms with Gasteiger partial charge in [0.2, 0.25) is 17.8 Å². The zero-order chi connectivity index (χ0) is 29.9. The molecule has 2 saturated heterocycles. The summed E-state index contributed by atoms with van der Waals surface area (Å²) in [6, 6.07) is 12.2. The molecule has 2 aliphatic rings. The molecule has 5 rings (SSSR count). The second kappa shape index (κ2) is 12.0. The molecule has 0 radical (unpaired) electrons. The number of piperidine rings is 1. The van der Waals surface area contributed by atoms with Crippen LogP contribution in [0.4, 0.5) is 49.9 Å². The fraction of sp³-hybridized carbons (Fsp3) is 0.407. The van der Waals surface area contributed by atoms with Gasteiger partial charge in [0, 0.05) is 39.0 Å². The molecule has 0 unspecified atom stereocenters. The molecule has 224 valence electrons. The minimum absolute atomic E-state index is 0.0338. The average Bonchev–Trinajstić information content (AvgIpc) is 2.98. The number of rotatable bonds is 6. The Morgan fingerprint density at radius 3 is 1.98 bits per heavy atom. The summed E-state index contributed by atoms with van der Waals surface area (Å²) in [5.41, 5.74) is -0.958. The summed E-state index contributed by atoms with van der Waals surface area (Å²) < 4.78 is 92.5. The van der Waals surface area contributed by atoms with Crippen molar-refractivity contribution in [2.75, 3.05) is 54.1 Å². The van der Waals surface area contributed by atoms with Crippen molar-refractivity contribution < 1.29 is 40.6 Å². The van der Waals surface area contributed by atoms with Gasteiger partial charge in [0.05, 0.1) is 24.5 Å². The van der Waals surface area contributed by atoms with Crippen molar-refractivity contribution in [1.29, 1.82) is 0 Å². The highest BCUT2D eigenvalue weighted by molar-refractivity contribution is 6.02. The minimum atomic E-state index is -5.22. The largest absolute Gasteiger partial charge is 0.490 e. The van der Waals surface area contributed by atoms with E-state index >= 15 is 0 Å². The number of carbonyl (C=O) groups excluding carboxylic acids is 1. The zero-order valence-corrected chi connectivity index (χ0v) is 22.1. The Kier molecular flexibility index (Phi) is 8.38. The molecular weight excluding hydrogens is 570 g/mol. The summed E-state index contributed by atoms with van der Waals surface area (Å²) >= 11 is 0. The molecule has 0 spiro atoms. The van der Waals surface area contributed by atoms with E-state index in [4.69, 9.17) is 9.47 Å². The number of para-hydroxylation sites is 2. The number of morpholine rings is 1. The maximum atomic E-state index is 13.7. The van der Waals surface area contributed by atoms with E-state index in [1.165, 1.54) is 42.5 Å². The normalized spacial score (nSPS) is 16.8. The number of amides is 1. The first-order valence-electron chi connectivity index (χ1n) is 13.1. The van der Waals surface area contributed by atoms with Crippen LogP contribution in [0.5, 0.6) is 5.75 Å². The van der Waals surface area contributed by atoms with Gasteiger partial charge in [-0.1, -0.05) is 30.3 Å². The number of carbonyl (C=O) groups is 1. The van der Waals surface area contributed by atoms with Crippen molar-refractivity contribution in [3.05, 3.63) is 60.2 Å². The second-order valence-corrected chi connectivity index (χ2v) is 9.61. The molecule has 0 bridgehead atoms. The standard InChI is InChI=1S/C27H26F6N6O3/c28-26(29,30)20-8-4-5-9-21(20)42-19-10-12-37(13-11-19)23-34-24(38-14-16-41-17-15-38)36-25(35-23)39(22(40)27(31,32)33)18-6-2-1-3-7-18/h1-9,19H,10-17H2. The molecule has 0 saturated carbocycles. The molecular formula is C27H26F6N6O3. The highest BCUT2D eigenvalue weighted by Crippen LogP contribution is 2.37. The van der Waals surface area contributed by atoms with Gasteiger partial charge in [-0.3, -0.25) is 4.79 Å². The molecule has 0 atom stereocenters. The van der Waals surface area contributed by atoms with Crippen LogP contribution in [0.2, 0.25) is 0 Å². The zero-order valence-electron chi connectivity index (χ0n) is 22.1. The summed E-state index contributed by atoms with van der Waals surface area (Å²) in [4.78, 5) is 29.5.